The number of carbonyl (C=O) groups excluding carboxylic acids is 3. The summed E-state index contributed by atoms with van der Waals surface area (Å²) in [6.07, 6.45) is 0. The van der Waals surface area contributed by atoms with Crippen molar-refractivity contribution < 1.29 is 23.9 Å². The van der Waals surface area contributed by atoms with E-state index < -0.39 is 34.3 Å². The zero-order valence-corrected chi connectivity index (χ0v) is 12.7. The first kappa shape index (κ1) is 15.5. The van der Waals surface area contributed by atoms with E-state index in [0.717, 1.165) is 0 Å². The summed E-state index contributed by atoms with van der Waals surface area (Å²) < 4.78 is 10.2. The quantitative estimate of drug-likeness (QED) is 0.618. The van der Waals surface area contributed by atoms with E-state index in [4.69, 9.17) is 9.47 Å². The summed E-state index contributed by atoms with van der Waals surface area (Å²) in [5.41, 5.74) is -3.82. The van der Waals surface area contributed by atoms with E-state index in [0.29, 0.717) is 5.75 Å². The summed E-state index contributed by atoms with van der Waals surface area (Å²) in [6.45, 7) is 0. The Balaban J connectivity index is 2.07. The normalized spacial score (nSPS) is 29.8. The molecule has 1 aromatic carbocycles. The number of hydrogen-bond donors (Lipinski definition) is 1. The van der Waals surface area contributed by atoms with Crippen molar-refractivity contribution in [3.63, 3.8) is 0 Å². The Morgan fingerprint density at radius 1 is 1.08 bits per heavy atom. The van der Waals surface area contributed by atoms with Gasteiger partial charge in [-0.15, -0.1) is 0 Å². The van der Waals surface area contributed by atoms with Gasteiger partial charge in [0.05, 0.1) is 32.3 Å². The molecule has 1 aliphatic carbocycles. The number of nitrogens with one attached hydrogen (secondary N) is 1. The van der Waals surface area contributed by atoms with Gasteiger partial charge in [-0.3, -0.25) is 19.7 Å². The fourth-order valence-electron chi connectivity index (χ4n) is 3.35. The zero-order valence-electron chi connectivity index (χ0n) is 12.7. The molecule has 0 aromatic heterocycles. The number of imide groups is 1. The van der Waals surface area contributed by atoms with E-state index in [9.17, 15) is 24.9 Å². The molecule has 1 aromatic rings. The highest BCUT2D eigenvalue weighted by molar-refractivity contribution is 6.25. The summed E-state index contributed by atoms with van der Waals surface area (Å²) in [4.78, 5) is 36.8. The maximum absolute atomic E-state index is 12.8. The van der Waals surface area contributed by atoms with Crippen LogP contribution in [0, 0.1) is 39.4 Å². The van der Waals surface area contributed by atoms with E-state index in [1.165, 1.54) is 32.4 Å². The number of carbonyl (C=O) groups is 3. The van der Waals surface area contributed by atoms with Crippen molar-refractivity contribution in [3.05, 3.63) is 23.8 Å². The van der Waals surface area contributed by atoms with Crippen LogP contribution in [0.15, 0.2) is 18.2 Å². The van der Waals surface area contributed by atoms with Crippen molar-refractivity contribution in [1.82, 2.24) is 5.32 Å². The molecule has 120 valence electrons. The van der Waals surface area contributed by atoms with E-state index in [-0.39, 0.29) is 11.3 Å². The highest BCUT2D eigenvalue weighted by Crippen LogP contribution is 2.72. The van der Waals surface area contributed by atoms with Crippen LogP contribution in [0.3, 0.4) is 0 Å². The lowest BCUT2D eigenvalue weighted by atomic mass is 9.98. The Bertz CT molecular complexity index is 843. The maximum atomic E-state index is 12.8. The lowest BCUT2D eigenvalue weighted by Gasteiger charge is -2.10. The highest BCUT2D eigenvalue weighted by atomic mass is 16.5. The first-order chi connectivity index (χ1) is 11.4. The molecule has 1 saturated carbocycles. The first-order valence-electron chi connectivity index (χ1n) is 6.89. The molecule has 24 heavy (non-hydrogen) atoms. The van der Waals surface area contributed by atoms with Crippen LogP contribution >= 0.6 is 0 Å². The van der Waals surface area contributed by atoms with Crippen LogP contribution in [-0.4, -0.2) is 31.8 Å². The molecule has 2 fully saturated rings. The number of nitriles is 2. The molecular weight excluding hydrogens is 314 g/mol. The number of rotatable bonds is 4. The number of piperidine rings is 1. The molecule has 0 spiro atoms. The molecule has 1 aliphatic heterocycles. The van der Waals surface area contributed by atoms with E-state index in [1.54, 1.807) is 12.1 Å². The van der Waals surface area contributed by atoms with Crippen LogP contribution < -0.4 is 14.8 Å². The molecule has 0 radical (unpaired) electrons. The monoisotopic (exact) mass is 325 g/mol. The van der Waals surface area contributed by atoms with Gasteiger partial charge in [0, 0.05) is 5.56 Å². The van der Waals surface area contributed by atoms with Gasteiger partial charge in [0.2, 0.25) is 11.8 Å². The Kier molecular flexibility index (Phi) is 3.10. The second kappa shape index (κ2) is 4.80. The first-order valence-corrected chi connectivity index (χ1v) is 6.89. The van der Waals surface area contributed by atoms with Crippen LogP contribution in [0.2, 0.25) is 0 Å². The van der Waals surface area contributed by atoms with Gasteiger partial charge in [-0.1, -0.05) is 0 Å². The number of hydrogen-bond acceptors (Lipinski definition) is 7. The smallest absolute Gasteiger partial charge is 0.250 e. The predicted octanol–water partition coefficient (Wildman–Crippen LogP) is 0.193. The number of Topliss-reactive ketones (excluding diaryl/α,β-unsaturated/α-hetero) is 1. The van der Waals surface area contributed by atoms with Gasteiger partial charge < -0.3 is 9.47 Å². The van der Waals surface area contributed by atoms with Crippen molar-refractivity contribution in [2.24, 2.45) is 16.7 Å². The van der Waals surface area contributed by atoms with E-state index >= 15 is 0 Å². The van der Waals surface area contributed by atoms with Gasteiger partial charge in [0.1, 0.15) is 0 Å². The summed E-state index contributed by atoms with van der Waals surface area (Å²) in [5, 5.41) is 20.7. The van der Waals surface area contributed by atoms with Crippen molar-refractivity contribution in [3.8, 4) is 23.6 Å². The topological polar surface area (TPSA) is 129 Å². The van der Waals surface area contributed by atoms with Crippen LogP contribution in [0.1, 0.15) is 10.4 Å². The lowest BCUT2D eigenvalue weighted by molar-refractivity contribution is -0.129. The largest absolute Gasteiger partial charge is 0.493 e. The third kappa shape index (κ3) is 1.47. The summed E-state index contributed by atoms with van der Waals surface area (Å²) in [6, 6.07) is 7.71. The van der Waals surface area contributed by atoms with Crippen LogP contribution in [-0.2, 0) is 9.59 Å². The van der Waals surface area contributed by atoms with Gasteiger partial charge in [0.15, 0.2) is 28.1 Å². The Hall–Kier alpha value is -3.39. The van der Waals surface area contributed by atoms with Gasteiger partial charge >= 0.3 is 0 Å². The van der Waals surface area contributed by atoms with Crippen molar-refractivity contribution >= 4 is 17.6 Å². The fraction of sp³-hybridized carbons (Fsp3) is 0.312. The molecule has 1 unspecified atom stereocenters. The second-order valence-electron chi connectivity index (χ2n) is 5.49. The van der Waals surface area contributed by atoms with E-state index in [1.807, 2.05) is 5.32 Å². The van der Waals surface area contributed by atoms with Gasteiger partial charge in [0.25, 0.3) is 0 Å². The second-order valence-corrected chi connectivity index (χ2v) is 5.49. The molecule has 1 saturated heterocycles. The van der Waals surface area contributed by atoms with Crippen LogP contribution in [0.5, 0.6) is 11.5 Å². The van der Waals surface area contributed by atoms with E-state index in [2.05, 4.69) is 0 Å². The average molecular weight is 325 g/mol. The third-order valence-electron chi connectivity index (χ3n) is 4.63. The van der Waals surface area contributed by atoms with Gasteiger partial charge in [-0.05, 0) is 18.2 Å². The maximum Gasteiger partial charge on any atom is 0.250 e. The Labute approximate surface area is 136 Å². The molecule has 3 rings (SSSR count). The highest BCUT2D eigenvalue weighted by Gasteiger charge is 2.92. The van der Waals surface area contributed by atoms with Crippen LogP contribution in [0.25, 0.3) is 0 Å². The van der Waals surface area contributed by atoms with Crippen LogP contribution in [0.4, 0.5) is 0 Å². The van der Waals surface area contributed by atoms with Gasteiger partial charge in [-0.25, -0.2) is 0 Å². The molecule has 0 bridgehead atoms. The number of amides is 2. The molecule has 2 amide bonds. The molecule has 3 atom stereocenters. The number of ketones is 1. The standard InChI is InChI=1S/C16H11N3O5/c1-23-9-4-3-8(5-10(9)24-2)11(20)12-15(6-17)13(21)19-14(22)16(12,15)7-18/h3-5,12H,1-2H3,(H,19,21,22)/t12?,15-,16+. The summed E-state index contributed by atoms with van der Waals surface area (Å²) in [5.74, 6) is -3.11. The number of benzene rings is 1. The summed E-state index contributed by atoms with van der Waals surface area (Å²) >= 11 is 0. The number of ether oxygens (including phenoxy) is 2. The van der Waals surface area contributed by atoms with Crippen molar-refractivity contribution in [2.75, 3.05) is 14.2 Å². The SMILES string of the molecule is COc1ccc(C(=O)C2[C@]3(C#N)C(=O)NC(=O)[C@]23C#N)cc1OC. The number of methoxy groups -OCH3 is 2. The molecule has 2 aliphatic rings. The van der Waals surface area contributed by atoms with Crippen molar-refractivity contribution in [2.45, 2.75) is 0 Å². The number of fused-ring (bicyclic) bond motifs is 1. The van der Waals surface area contributed by atoms with Gasteiger partial charge in [-0.2, -0.15) is 10.5 Å². The lowest BCUT2D eigenvalue weighted by Crippen LogP contribution is -2.34. The minimum atomic E-state index is -1.97. The fourth-order valence-corrected chi connectivity index (χ4v) is 3.35. The molecule has 1 N–H and O–H groups in total. The third-order valence-corrected chi connectivity index (χ3v) is 4.63. The Morgan fingerprint density at radius 2 is 1.62 bits per heavy atom. The predicted molar refractivity (Wildman–Crippen MR) is 76.6 cm³/mol. The average Bonchev–Trinajstić information content (AvgIpc) is 3.17. The zero-order chi connectivity index (χ0) is 17.7. The molecule has 8 nitrogen and oxygen atoms in total. The molecular formula is C16H11N3O5. The molecule has 1 heterocycles. The number of nitrogens with zero attached hydrogens (tertiary/aromatic N) is 2. The summed E-state index contributed by atoms with van der Waals surface area (Å²) in [7, 11) is 2.82. The Morgan fingerprint density at radius 3 is 2.08 bits per heavy atom. The molecule has 8 heteroatoms. The minimum absolute atomic E-state index is 0.122. The minimum Gasteiger partial charge on any atom is -0.493 e. The van der Waals surface area contributed by atoms with Crippen molar-refractivity contribution in [1.29, 1.82) is 10.5 Å².